The van der Waals surface area contributed by atoms with Crippen LogP contribution >= 0.6 is 0 Å². The standard InChI is InChI=1S/C19H19N3O3/c1-3-11-25-17-6-4-5-15(12-17)13-20-22-19(24)18(23)21-16-9-7-14(2)8-10-16/h3-10,12-13H,1,11H2,2H3,(H,21,23)(H,22,24). The monoisotopic (exact) mass is 337 g/mol. The van der Waals surface area contributed by atoms with E-state index in [1.54, 1.807) is 42.5 Å². The number of ether oxygens (including phenoxy) is 1. The van der Waals surface area contributed by atoms with Crippen molar-refractivity contribution in [3.05, 3.63) is 72.3 Å². The molecule has 0 aromatic heterocycles. The molecule has 0 bridgehead atoms. The van der Waals surface area contributed by atoms with E-state index < -0.39 is 11.8 Å². The van der Waals surface area contributed by atoms with Crippen molar-refractivity contribution < 1.29 is 14.3 Å². The number of hydrazone groups is 1. The fourth-order valence-corrected chi connectivity index (χ4v) is 1.88. The van der Waals surface area contributed by atoms with Gasteiger partial charge in [-0.3, -0.25) is 9.59 Å². The minimum atomic E-state index is -0.851. The molecule has 0 aliphatic rings. The minimum absolute atomic E-state index is 0.399. The molecule has 0 spiro atoms. The molecular weight excluding hydrogens is 318 g/mol. The lowest BCUT2D eigenvalue weighted by atomic mass is 10.2. The van der Waals surface area contributed by atoms with Crippen molar-refractivity contribution in [3.8, 4) is 5.75 Å². The Morgan fingerprint density at radius 2 is 1.92 bits per heavy atom. The predicted molar refractivity (Wildman–Crippen MR) is 97.7 cm³/mol. The van der Waals surface area contributed by atoms with Crippen molar-refractivity contribution in [1.29, 1.82) is 0 Å². The Balaban J connectivity index is 1.88. The van der Waals surface area contributed by atoms with E-state index in [1.807, 2.05) is 19.1 Å². The molecule has 0 atom stereocenters. The highest BCUT2D eigenvalue weighted by atomic mass is 16.5. The van der Waals surface area contributed by atoms with Crippen LogP contribution in [0.15, 0.2) is 66.3 Å². The van der Waals surface area contributed by atoms with Crippen LogP contribution < -0.4 is 15.5 Å². The normalized spacial score (nSPS) is 10.3. The maximum Gasteiger partial charge on any atom is 0.329 e. The zero-order valence-electron chi connectivity index (χ0n) is 13.9. The molecule has 0 saturated heterocycles. The first kappa shape index (κ1) is 17.9. The van der Waals surface area contributed by atoms with Gasteiger partial charge in [0.05, 0.1) is 6.21 Å². The van der Waals surface area contributed by atoms with Crippen molar-refractivity contribution in [2.45, 2.75) is 6.92 Å². The fraction of sp³-hybridized carbons (Fsp3) is 0.105. The number of aryl methyl sites for hydroxylation is 1. The van der Waals surface area contributed by atoms with Crippen LogP contribution in [-0.4, -0.2) is 24.6 Å². The molecule has 2 amide bonds. The largest absolute Gasteiger partial charge is 0.490 e. The minimum Gasteiger partial charge on any atom is -0.490 e. The maximum absolute atomic E-state index is 11.8. The van der Waals surface area contributed by atoms with Gasteiger partial charge in [0, 0.05) is 5.69 Å². The van der Waals surface area contributed by atoms with Gasteiger partial charge in [-0.2, -0.15) is 5.10 Å². The van der Waals surface area contributed by atoms with Crippen molar-refractivity contribution in [2.24, 2.45) is 5.10 Å². The van der Waals surface area contributed by atoms with Gasteiger partial charge in [0.1, 0.15) is 12.4 Å². The van der Waals surface area contributed by atoms with E-state index >= 15 is 0 Å². The Labute approximate surface area is 146 Å². The topological polar surface area (TPSA) is 79.8 Å². The van der Waals surface area contributed by atoms with Crippen LogP contribution in [0.5, 0.6) is 5.75 Å². The average Bonchev–Trinajstić information content (AvgIpc) is 2.62. The molecule has 25 heavy (non-hydrogen) atoms. The molecular formula is C19H19N3O3. The van der Waals surface area contributed by atoms with Gasteiger partial charge in [-0.05, 0) is 36.8 Å². The lowest BCUT2D eigenvalue weighted by Gasteiger charge is -2.04. The molecule has 0 aliphatic heterocycles. The second kappa shape index (κ2) is 9.02. The van der Waals surface area contributed by atoms with Crippen LogP contribution in [0, 0.1) is 6.92 Å². The second-order valence-electron chi connectivity index (χ2n) is 5.19. The zero-order valence-corrected chi connectivity index (χ0v) is 13.9. The van der Waals surface area contributed by atoms with E-state index in [0.29, 0.717) is 18.0 Å². The number of amides is 2. The number of nitrogens with one attached hydrogen (secondary N) is 2. The van der Waals surface area contributed by atoms with Gasteiger partial charge in [-0.25, -0.2) is 5.43 Å². The van der Waals surface area contributed by atoms with E-state index in [4.69, 9.17) is 4.74 Å². The SMILES string of the molecule is C=CCOc1cccc(C=NNC(=O)C(=O)Nc2ccc(C)cc2)c1. The van der Waals surface area contributed by atoms with Gasteiger partial charge >= 0.3 is 11.8 Å². The first-order valence-corrected chi connectivity index (χ1v) is 7.63. The molecule has 6 nitrogen and oxygen atoms in total. The Hall–Kier alpha value is -3.41. The molecule has 128 valence electrons. The molecule has 0 heterocycles. The summed E-state index contributed by atoms with van der Waals surface area (Å²) in [6.07, 6.45) is 3.07. The van der Waals surface area contributed by atoms with E-state index in [-0.39, 0.29) is 0 Å². The van der Waals surface area contributed by atoms with Crippen LogP contribution in [0.25, 0.3) is 0 Å². The highest BCUT2D eigenvalue weighted by Gasteiger charge is 2.12. The Morgan fingerprint density at radius 1 is 1.16 bits per heavy atom. The summed E-state index contributed by atoms with van der Waals surface area (Å²) >= 11 is 0. The van der Waals surface area contributed by atoms with Crippen LogP contribution in [0.3, 0.4) is 0 Å². The van der Waals surface area contributed by atoms with Crippen molar-refractivity contribution in [1.82, 2.24) is 5.43 Å². The van der Waals surface area contributed by atoms with Crippen LogP contribution in [0.1, 0.15) is 11.1 Å². The predicted octanol–water partition coefficient (Wildman–Crippen LogP) is 2.65. The lowest BCUT2D eigenvalue weighted by molar-refractivity contribution is -0.136. The van der Waals surface area contributed by atoms with Crippen molar-refractivity contribution in [2.75, 3.05) is 11.9 Å². The first-order chi connectivity index (χ1) is 12.1. The summed E-state index contributed by atoms with van der Waals surface area (Å²) in [4.78, 5) is 23.5. The van der Waals surface area contributed by atoms with Gasteiger partial charge in [0.2, 0.25) is 0 Å². The Bertz CT molecular complexity index is 783. The summed E-state index contributed by atoms with van der Waals surface area (Å²) < 4.78 is 5.41. The summed E-state index contributed by atoms with van der Waals surface area (Å²) in [5, 5.41) is 6.27. The van der Waals surface area contributed by atoms with Gasteiger partial charge in [0.15, 0.2) is 0 Å². The third-order valence-electron chi connectivity index (χ3n) is 3.12. The van der Waals surface area contributed by atoms with Crippen LogP contribution in [0.2, 0.25) is 0 Å². The van der Waals surface area contributed by atoms with Crippen molar-refractivity contribution >= 4 is 23.7 Å². The van der Waals surface area contributed by atoms with Crippen molar-refractivity contribution in [3.63, 3.8) is 0 Å². The molecule has 2 rings (SSSR count). The summed E-state index contributed by atoms with van der Waals surface area (Å²) in [7, 11) is 0. The van der Waals surface area contributed by atoms with E-state index in [0.717, 1.165) is 11.1 Å². The van der Waals surface area contributed by atoms with E-state index in [2.05, 4.69) is 22.4 Å². The fourth-order valence-electron chi connectivity index (χ4n) is 1.88. The quantitative estimate of drug-likeness (QED) is 0.368. The molecule has 6 heteroatoms. The zero-order chi connectivity index (χ0) is 18.1. The number of hydrogen-bond acceptors (Lipinski definition) is 4. The summed E-state index contributed by atoms with van der Waals surface area (Å²) in [5.74, 6) is -0.979. The highest BCUT2D eigenvalue weighted by molar-refractivity contribution is 6.39. The molecule has 0 aliphatic carbocycles. The third kappa shape index (κ3) is 5.95. The number of nitrogens with zero attached hydrogens (tertiary/aromatic N) is 1. The van der Waals surface area contributed by atoms with E-state index in [1.165, 1.54) is 6.21 Å². The van der Waals surface area contributed by atoms with Gasteiger partial charge in [-0.1, -0.05) is 42.5 Å². The molecule has 0 fully saturated rings. The molecule has 0 saturated carbocycles. The summed E-state index contributed by atoms with van der Waals surface area (Å²) in [6, 6.07) is 14.3. The second-order valence-corrected chi connectivity index (χ2v) is 5.19. The number of carbonyl (C=O) groups is 2. The number of rotatable bonds is 6. The summed E-state index contributed by atoms with van der Waals surface area (Å²) in [5.41, 5.74) is 4.51. The number of carbonyl (C=O) groups excluding carboxylic acids is 2. The van der Waals surface area contributed by atoms with Crippen LogP contribution in [-0.2, 0) is 9.59 Å². The third-order valence-corrected chi connectivity index (χ3v) is 3.12. The number of benzene rings is 2. The molecule has 0 unspecified atom stereocenters. The molecule has 2 aromatic carbocycles. The molecule has 0 radical (unpaired) electrons. The Morgan fingerprint density at radius 3 is 2.64 bits per heavy atom. The van der Waals surface area contributed by atoms with Gasteiger partial charge < -0.3 is 10.1 Å². The number of anilines is 1. The highest BCUT2D eigenvalue weighted by Crippen LogP contribution is 2.12. The Kier molecular flexibility index (Phi) is 6.47. The lowest BCUT2D eigenvalue weighted by Crippen LogP contribution is -2.32. The number of hydrogen-bond donors (Lipinski definition) is 2. The molecule has 2 N–H and O–H groups in total. The smallest absolute Gasteiger partial charge is 0.329 e. The van der Waals surface area contributed by atoms with E-state index in [9.17, 15) is 9.59 Å². The van der Waals surface area contributed by atoms with Gasteiger partial charge in [0.25, 0.3) is 0 Å². The molecule has 2 aromatic rings. The maximum atomic E-state index is 11.8. The van der Waals surface area contributed by atoms with Crippen LogP contribution in [0.4, 0.5) is 5.69 Å². The summed E-state index contributed by atoms with van der Waals surface area (Å²) in [6.45, 7) is 5.92. The average molecular weight is 337 g/mol. The van der Waals surface area contributed by atoms with Gasteiger partial charge in [-0.15, -0.1) is 0 Å². The first-order valence-electron chi connectivity index (χ1n) is 7.63.